The van der Waals surface area contributed by atoms with Crippen molar-refractivity contribution in [3.8, 4) is 0 Å². The fourth-order valence-corrected chi connectivity index (χ4v) is 3.35. The number of nitrogens with zero attached hydrogens (tertiary/aromatic N) is 2. The Kier molecular flexibility index (Phi) is 5.24. The van der Waals surface area contributed by atoms with Crippen LogP contribution in [-0.4, -0.2) is 37.0 Å². The molecule has 0 saturated carbocycles. The van der Waals surface area contributed by atoms with E-state index in [4.69, 9.17) is 0 Å². The molecule has 0 aliphatic carbocycles. The van der Waals surface area contributed by atoms with E-state index in [9.17, 15) is 4.79 Å². The van der Waals surface area contributed by atoms with Crippen molar-refractivity contribution in [3.63, 3.8) is 0 Å². The molecule has 1 amide bonds. The van der Waals surface area contributed by atoms with E-state index in [2.05, 4.69) is 65.0 Å². The van der Waals surface area contributed by atoms with Gasteiger partial charge in [-0.1, -0.05) is 51.8 Å². The number of hydrogen-bond donors (Lipinski definition) is 0. The molecule has 24 heavy (non-hydrogen) atoms. The van der Waals surface area contributed by atoms with E-state index in [1.807, 2.05) is 17.0 Å². The van der Waals surface area contributed by atoms with E-state index < -0.39 is 0 Å². The second-order valence-electron chi connectivity index (χ2n) is 6.46. The van der Waals surface area contributed by atoms with Crippen molar-refractivity contribution in [1.29, 1.82) is 0 Å². The third-order valence-corrected chi connectivity index (χ3v) is 5.48. The van der Waals surface area contributed by atoms with Gasteiger partial charge in [0, 0.05) is 36.3 Å². The van der Waals surface area contributed by atoms with Crippen molar-refractivity contribution in [1.82, 2.24) is 4.90 Å². The number of rotatable bonds is 3. The smallest absolute Gasteiger partial charge is 0.227 e. The Hall–Kier alpha value is -1.81. The van der Waals surface area contributed by atoms with Crippen molar-refractivity contribution in [2.45, 2.75) is 20.3 Å². The Morgan fingerprint density at radius 1 is 1.00 bits per heavy atom. The average Bonchev–Trinajstić information content (AvgIpc) is 2.59. The Balaban J connectivity index is 1.57. The highest BCUT2D eigenvalue weighted by Gasteiger charge is 2.21. The zero-order valence-corrected chi connectivity index (χ0v) is 15.8. The summed E-state index contributed by atoms with van der Waals surface area (Å²) < 4.78 is 1.14. The Morgan fingerprint density at radius 3 is 2.29 bits per heavy atom. The molecule has 0 atom stereocenters. The number of carbonyl (C=O) groups is 1. The predicted molar refractivity (Wildman–Crippen MR) is 103 cm³/mol. The van der Waals surface area contributed by atoms with E-state index in [1.165, 1.54) is 16.8 Å². The maximum absolute atomic E-state index is 12.5. The summed E-state index contributed by atoms with van der Waals surface area (Å²) in [5.41, 5.74) is 4.78. The van der Waals surface area contributed by atoms with Crippen LogP contribution in [0.4, 0.5) is 5.69 Å². The molecule has 0 spiro atoms. The maximum Gasteiger partial charge on any atom is 0.227 e. The predicted octanol–water partition coefficient (Wildman–Crippen LogP) is 3.96. The normalized spacial score (nSPS) is 14.8. The summed E-state index contributed by atoms with van der Waals surface area (Å²) in [5, 5.41) is 0. The largest absolute Gasteiger partial charge is 0.368 e. The quantitative estimate of drug-likeness (QED) is 0.796. The topological polar surface area (TPSA) is 23.6 Å². The van der Waals surface area contributed by atoms with Crippen LogP contribution >= 0.6 is 15.9 Å². The van der Waals surface area contributed by atoms with Gasteiger partial charge in [-0.3, -0.25) is 4.79 Å². The minimum Gasteiger partial charge on any atom is -0.368 e. The van der Waals surface area contributed by atoms with Gasteiger partial charge in [0.2, 0.25) is 5.91 Å². The highest BCUT2D eigenvalue weighted by Crippen LogP contribution is 2.24. The summed E-state index contributed by atoms with van der Waals surface area (Å²) >= 11 is 3.60. The van der Waals surface area contributed by atoms with Crippen LogP contribution in [0.25, 0.3) is 0 Å². The molecule has 0 bridgehead atoms. The Morgan fingerprint density at radius 2 is 1.67 bits per heavy atom. The van der Waals surface area contributed by atoms with E-state index in [0.717, 1.165) is 36.2 Å². The molecule has 1 fully saturated rings. The fraction of sp³-hybridized carbons (Fsp3) is 0.350. The highest BCUT2D eigenvalue weighted by molar-refractivity contribution is 9.10. The molecule has 3 nitrogen and oxygen atoms in total. The average molecular weight is 387 g/mol. The molecular formula is C20H23BrN2O. The minimum atomic E-state index is 0.226. The summed E-state index contributed by atoms with van der Waals surface area (Å²) in [7, 11) is 0. The van der Waals surface area contributed by atoms with Crippen molar-refractivity contribution in [3.05, 3.63) is 63.6 Å². The SMILES string of the molecule is Cc1ccc(CC(=O)N2CCN(c3ccc(C)c(Br)c3)CC2)cc1. The first-order valence-electron chi connectivity index (χ1n) is 8.37. The lowest BCUT2D eigenvalue weighted by Gasteiger charge is -2.36. The van der Waals surface area contributed by atoms with Crippen molar-refractivity contribution in [2.75, 3.05) is 31.1 Å². The molecule has 0 aromatic heterocycles. The monoisotopic (exact) mass is 386 g/mol. The van der Waals surface area contributed by atoms with Gasteiger partial charge in [0.15, 0.2) is 0 Å². The fourth-order valence-electron chi connectivity index (χ4n) is 2.98. The summed E-state index contributed by atoms with van der Waals surface area (Å²) in [4.78, 5) is 16.8. The van der Waals surface area contributed by atoms with Crippen LogP contribution in [0.5, 0.6) is 0 Å². The first kappa shape index (κ1) is 17.0. The van der Waals surface area contributed by atoms with Gasteiger partial charge >= 0.3 is 0 Å². The molecule has 2 aromatic carbocycles. The van der Waals surface area contributed by atoms with Gasteiger partial charge in [0.25, 0.3) is 0 Å². The molecule has 1 heterocycles. The van der Waals surface area contributed by atoms with Gasteiger partial charge in [-0.2, -0.15) is 0 Å². The lowest BCUT2D eigenvalue weighted by Crippen LogP contribution is -2.49. The van der Waals surface area contributed by atoms with Gasteiger partial charge in [0.1, 0.15) is 0 Å². The molecular weight excluding hydrogens is 364 g/mol. The van der Waals surface area contributed by atoms with Gasteiger partial charge in [-0.15, -0.1) is 0 Å². The van der Waals surface area contributed by atoms with Crippen LogP contribution < -0.4 is 4.90 Å². The molecule has 0 radical (unpaired) electrons. The van der Waals surface area contributed by atoms with Crippen LogP contribution in [0.15, 0.2) is 46.9 Å². The van der Waals surface area contributed by atoms with Crippen LogP contribution in [0, 0.1) is 13.8 Å². The van der Waals surface area contributed by atoms with Gasteiger partial charge < -0.3 is 9.80 Å². The van der Waals surface area contributed by atoms with Gasteiger partial charge in [-0.05, 0) is 37.1 Å². The summed E-state index contributed by atoms with van der Waals surface area (Å²) in [6.07, 6.45) is 0.496. The lowest BCUT2D eigenvalue weighted by molar-refractivity contribution is -0.130. The number of benzene rings is 2. The number of anilines is 1. The van der Waals surface area contributed by atoms with Crippen molar-refractivity contribution >= 4 is 27.5 Å². The van der Waals surface area contributed by atoms with E-state index in [-0.39, 0.29) is 5.91 Å². The molecule has 1 saturated heterocycles. The second kappa shape index (κ2) is 7.39. The summed E-state index contributed by atoms with van der Waals surface area (Å²) in [6, 6.07) is 14.7. The zero-order valence-electron chi connectivity index (χ0n) is 14.3. The van der Waals surface area contributed by atoms with Gasteiger partial charge in [0.05, 0.1) is 6.42 Å². The number of hydrogen-bond acceptors (Lipinski definition) is 2. The lowest BCUT2D eigenvalue weighted by atomic mass is 10.1. The van der Waals surface area contributed by atoms with Crippen LogP contribution in [0.3, 0.4) is 0 Å². The molecule has 4 heteroatoms. The van der Waals surface area contributed by atoms with Crippen LogP contribution in [0.1, 0.15) is 16.7 Å². The number of aryl methyl sites for hydroxylation is 2. The second-order valence-corrected chi connectivity index (χ2v) is 7.32. The number of piperazine rings is 1. The molecule has 0 N–H and O–H groups in total. The van der Waals surface area contributed by atoms with E-state index in [1.54, 1.807) is 0 Å². The third kappa shape index (κ3) is 3.99. The molecule has 3 rings (SSSR count). The van der Waals surface area contributed by atoms with Crippen LogP contribution in [0.2, 0.25) is 0 Å². The van der Waals surface area contributed by atoms with Gasteiger partial charge in [-0.25, -0.2) is 0 Å². The van der Waals surface area contributed by atoms with Crippen molar-refractivity contribution in [2.24, 2.45) is 0 Å². The van der Waals surface area contributed by atoms with E-state index >= 15 is 0 Å². The number of halogens is 1. The Bertz CT molecular complexity index is 719. The number of carbonyl (C=O) groups excluding carboxylic acids is 1. The molecule has 2 aromatic rings. The third-order valence-electron chi connectivity index (χ3n) is 4.63. The van der Waals surface area contributed by atoms with Crippen LogP contribution in [-0.2, 0) is 11.2 Å². The molecule has 126 valence electrons. The van der Waals surface area contributed by atoms with Crippen molar-refractivity contribution < 1.29 is 4.79 Å². The Labute approximate surface area is 152 Å². The molecule has 1 aliphatic heterocycles. The molecule has 0 unspecified atom stereocenters. The summed E-state index contributed by atoms with van der Waals surface area (Å²) in [6.45, 7) is 7.50. The zero-order chi connectivity index (χ0) is 17.1. The summed E-state index contributed by atoms with van der Waals surface area (Å²) in [5.74, 6) is 0.226. The molecule has 1 aliphatic rings. The maximum atomic E-state index is 12.5. The standard InChI is InChI=1S/C20H23BrN2O/c1-15-3-6-17(7-4-15)13-20(24)23-11-9-22(10-12-23)18-8-5-16(2)19(21)14-18/h3-8,14H,9-13H2,1-2H3. The highest BCUT2D eigenvalue weighted by atomic mass is 79.9. The first-order chi connectivity index (χ1) is 11.5. The van der Waals surface area contributed by atoms with E-state index in [0.29, 0.717) is 6.42 Å². The number of amides is 1. The minimum absolute atomic E-state index is 0.226. The first-order valence-corrected chi connectivity index (χ1v) is 9.16.